The van der Waals surface area contributed by atoms with Gasteiger partial charge in [-0.1, -0.05) is 5.92 Å². The van der Waals surface area contributed by atoms with Crippen molar-refractivity contribution in [2.24, 2.45) is 0 Å². The van der Waals surface area contributed by atoms with Crippen molar-refractivity contribution in [1.29, 1.82) is 0 Å². The van der Waals surface area contributed by atoms with Gasteiger partial charge < -0.3 is 5.32 Å². The molecule has 0 radical (unpaired) electrons. The molecule has 17 heavy (non-hydrogen) atoms. The number of hydrogen-bond acceptors (Lipinski definition) is 3. The molecule has 0 amide bonds. The summed E-state index contributed by atoms with van der Waals surface area (Å²) in [6.07, 6.45) is 9.35. The lowest BCUT2D eigenvalue weighted by Crippen LogP contribution is -2.44. The summed E-state index contributed by atoms with van der Waals surface area (Å²) >= 11 is 0. The Labute approximate surface area is 106 Å². The highest BCUT2D eigenvalue weighted by atomic mass is 15.3. The molecule has 0 saturated carbocycles. The molecule has 1 N–H and O–H groups in total. The highest BCUT2D eigenvalue weighted by Crippen LogP contribution is 2.22. The predicted octanol–water partition coefficient (Wildman–Crippen LogP) is 0.768. The third-order valence-corrected chi connectivity index (χ3v) is 4.13. The summed E-state index contributed by atoms with van der Waals surface area (Å²) in [6.45, 7) is 9.12. The van der Waals surface area contributed by atoms with Crippen LogP contribution in [0.5, 0.6) is 0 Å². The normalized spacial score (nSPS) is 28.4. The van der Waals surface area contributed by atoms with Gasteiger partial charge in [0.25, 0.3) is 0 Å². The lowest BCUT2D eigenvalue weighted by Gasteiger charge is -2.30. The van der Waals surface area contributed by atoms with E-state index in [4.69, 9.17) is 6.42 Å². The van der Waals surface area contributed by atoms with E-state index in [1.54, 1.807) is 0 Å². The lowest BCUT2D eigenvalue weighted by atomic mass is 10.2. The largest absolute Gasteiger partial charge is 0.305 e. The fourth-order valence-electron chi connectivity index (χ4n) is 3.12. The van der Waals surface area contributed by atoms with Crippen LogP contribution < -0.4 is 5.32 Å². The Kier molecular flexibility index (Phi) is 4.85. The summed E-state index contributed by atoms with van der Waals surface area (Å²) in [6, 6.07) is 1.41. The highest BCUT2D eigenvalue weighted by molar-refractivity contribution is 4.89. The van der Waals surface area contributed by atoms with Crippen molar-refractivity contribution in [2.75, 3.05) is 39.3 Å². The minimum absolute atomic E-state index is 0.601. The van der Waals surface area contributed by atoms with Crippen LogP contribution in [-0.4, -0.2) is 61.2 Å². The Bertz CT molecular complexity index is 271. The van der Waals surface area contributed by atoms with Gasteiger partial charge >= 0.3 is 0 Å². The molecule has 3 nitrogen and oxygen atoms in total. The number of nitrogens with one attached hydrogen (secondary N) is 1. The lowest BCUT2D eigenvalue weighted by molar-refractivity contribution is 0.179. The summed E-state index contributed by atoms with van der Waals surface area (Å²) in [5, 5.41) is 3.32. The first-order valence-electron chi connectivity index (χ1n) is 6.93. The third-order valence-electron chi connectivity index (χ3n) is 4.13. The predicted molar refractivity (Wildman–Crippen MR) is 71.9 cm³/mol. The van der Waals surface area contributed by atoms with Gasteiger partial charge in [0.05, 0.1) is 6.54 Å². The molecule has 3 heteroatoms. The second-order valence-electron chi connectivity index (χ2n) is 5.36. The quantitative estimate of drug-likeness (QED) is 0.573. The molecule has 0 aromatic rings. The maximum Gasteiger partial charge on any atom is 0.0574 e. The molecule has 2 rings (SSSR count). The molecule has 0 aliphatic carbocycles. The first-order valence-corrected chi connectivity index (χ1v) is 6.93. The first-order chi connectivity index (χ1) is 8.31. The summed E-state index contributed by atoms with van der Waals surface area (Å²) in [5.41, 5.74) is 0. The zero-order valence-electron chi connectivity index (χ0n) is 11.0. The molecule has 2 atom stereocenters. The summed E-state index contributed by atoms with van der Waals surface area (Å²) < 4.78 is 0. The Morgan fingerprint density at radius 2 is 2.18 bits per heavy atom. The van der Waals surface area contributed by atoms with Crippen molar-refractivity contribution >= 4 is 0 Å². The van der Waals surface area contributed by atoms with Gasteiger partial charge in [-0.05, 0) is 45.8 Å². The Morgan fingerprint density at radius 1 is 1.35 bits per heavy atom. The maximum atomic E-state index is 5.26. The van der Waals surface area contributed by atoms with E-state index in [9.17, 15) is 0 Å². The number of hydrogen-bond donors (Lipinski definition) is 1. The second kappa shape index (κ2) is 6.39. The van der Waals surface area contributed by atoms with Gasteiger partial charge in [0.15, 0.2) is 0 Å². The molecule has 0 aromatic carbocycles. The van der Waals surface area contributed by atoms with Gasteiger partial charge in [0.1, 0.15) is 0 Å². The van der Waals surface area contributed by atoms with Gasteiger partial charge in [0, 0.05) is 25.2 Å². The van der Waals surface area contributed by atoms with Crippen molar-refractivity contribution in [3.05, 3.63) is 0 Å². The van der Waals surface area contributed by atoms with E-state index in [2.05, 4.69) is 28.0 Å². The van der Waals surface area contributed by atoms with E-state index < -0.39 is 0 Å². The average molecular weight is 235 g/mol. The molecule has 0 aromatic heterocycles. The van der Waals surface area contributed by atoms with Crippen LogP contribution in [0, 0.1) is 12.3 Å². The van der Waals surface area contributed by atoms with E-state index in [-0.39, 0.29) is 0 Å². The van der Waals surface area contributed by atoms with Crippen molar-refractivity contribution in [2.45, 2.75) is 38.3 Å². The summed E-state index contributed by atoms with van der Waals surface area (Å²) in [4.78, 5) is 5.32. The molecule has 2 fully saturated rings. The molecule has 2 heterocycles. The SMILES string of the molecule is C#CCNCC(C)N1CCCN2CCCC2C1. The molecule has 2 unspecified atom stereocenters. The van der Waals surface area contributed by atoms with Crippen LogP contribution in [0.4, 0.5) is 0 Å². The molecule has 2 aliphatic heterocycles. The average Bonchev–Trinajstić information content (AvgIpc) is 2.66. The summed E-state index contributed by atoms with van der Waals surface area (Å²) in [7, 11) is 0. The molecule has 2 aliphatic rings. The first kappa shape index (κ1) is 12.9. The zero-order valence-corrected chi connectivity index (χ0v) is 11.0. The molecular weight excluding hydrogens is 210 g/mol. The van der Waals surface area contributed by atoms with E-state index in [1.165, 1.54) is 45.4 Å². The molecule has 2 saturated heterocycles. The second-order valence-corrected chi connectivity index (χ2v) is 5.36. The van der Waals surface area contributed by atoms with Crippen LogP contribution in [0.25, 0.3) is 0 Å². The third kappa shape index (κ3) is 3.45. The number of terminal acetylenes is 1. The standard InChI is InChI=1S/C14H25N3/c1-3-7-15-11-13(2)17-10-5-9-16-8-4-6-14(16)12-17/h1,13-15H,4-12H2,2H3. The Hall–Kier alpha value is -0.560. The van der Waals surface area contributed by atoms with Gasteiger partial charge in [-0.2, -0.15) is 0 Å². The minimum Gasteiger partial charge on any atom is -0.305 e. The van der Waals surface area contributed by atoms with Crippen LogP contribution in [0.1, 0.15) is 26.2 Å². The van der Waals surface area contributed by atoms with Crippen LogP contribution in [0.3, 0.4) is 0 Å². The van der Waals surface area contributed by atoms with Crippen LogP contribution in [-0.2, 0) is 0 Å². The highest BCUT2D eigenvalue weighted by Gasteiger charge is 2.29. The monoisotopic (exact) mass is 235 g/mol. The number of nitrogens with zero attached hydrogens (tertiary/aromatic N) is 2. The van der Waals surface area contributed by atoms with Crippen LogP contribution in [0.2, 0.25) is 0 Å². The van der Waals surface area contributed by atoms with E-state index >= 15 is 0 Å². The van der Waals surface area contributed by atoms with Crippen molar-refractivity contribution in [1.82, 2.24) is 15.1 Å². The van der Waals surface area contributed by atoms with Crippen LogP contribution in [0.15, 0.2) is 0 Å². The molecule has 0 spiro atoms. The van der Waals surface area contributed by atoms with Crippen molar-refractivity contribution in [3.63, 3.8) is 0 Å². The topological polar surface area (TPSA) is 18.5 Å². The smallest absolute Gasteiger partial charge is 0.0574 e. The van der Waals surface area contributed by atoms with Crippen molar-refractivity contribution in [3.8, 4) is 12.3 Å². The number of rotatable bonds is 4. The molecule has 96 valence electrons. The van der Waals surface area contributed by atoms with Gasteiger partial charge in [-0.3, -0.25) is 9.80 Å². The number of fused-ring (bicyclic) bond motifs is 1. The molecular formula is C14H25N3. The fourth-order valence-corrected chi connectivity index (χ4v) is 3.12. The van der Waals surface area contributed by atoms with Gasteiger partial charge in [-0.15, -0.1) is 6.42 Å². The van der Waals surface area contributed by atoms with Gasteiger partial charge in [-0.25, -0.2) is 0 Å². The maximum absolute atomic E-state index is 5.26. The summed E-state index contributed by atoms with van der Waals surface area (Å²) in [5.74, 6) is 2.64. The van der Waals surface area contributed by atoms with Crippen LogP contribution >= 0.6 is 0 Å². The van der Waals surface area contributed by atoms with Crippen molar-refractivity contribution < 1.29 is 0 Å². The van der Waals surface area contributed by atoms with E-state index in [0.29, 0.717) is 12.6 Å². The van der Waals surface area contributed by atoms with Gasteiger partial charge in [0.2, 0.25) is 0 Å². The Balaban J connectivity index is 1.81. The van der Waals surface area contributed by atoms with E-state index in [0.717, 1.165) is 12.6 Å². The minimum atomic E-state index is 0.601. The zero-order chi connectivity index (χ0) is 12.1. The van der Waals surface area contributed by atoms with E-state index in [1.807, 2.05) is 0 Å². The molecule has 0 bridgehead atoms. The fraction of sp³-hybridized carbons (Fsp3) is 0.857. The Morgan fingerprint density at radius 3 is 3.00 bits per heavy atom.